The molecule has 2 aliphatic rings. The molecule has 4 nitrogen and oxygen atoms in total. The van der Waals surface area contributed by atoms with Gasteiger partial charge >= 0.3 is 0 Å². The third-order valence-corrected chi connectivity index (χ3v) is 5.56. The summed E-state index contributed by atoms with van der Waals surface area (Å²) in [6.07, 6.45) is 7.08. The van der Waals surface area contributed by atoms with Crippen molar-refractivity contribution in [1.82, 2.24) is 9.47 Å². The number of hydrogen-bond donors (Lipinski definition) is 1. The van der Waals surface area contributed by atoms with Gasteiger partial charge < -0.3 is 9.67 Å². The van der Waals surface area contributed by atoms with Crippen LogP contribution in [0.4, 0.5) is 0 Å². The van der Waals surface area contributed by atoms with Crippen LogP contribution in [0.5, 0.6) is 0 Å². The summed E-state index contributed by atoms with van der Waals surface area (Å²) in [5.41, 5.74) is 0.111. The Bertz CT molecular complexity index is 740. The van der Waals surface area contributed by atoms with Crippen LogP contribution in [0, 0.1) is 0 Å². The van der Waals surface area contributed by atoms with Crippen LogP contribution in [0.2, 0.25) is 0 Å². The minimum absolute atomic E-state index is 0.105. The summed E-state index contributed by atoms with van der Waals surface area (Å²) < 4.78 is 1.84. The topological polar surface area (TPSA) is 45.5 Å². The van der Waals surface area contributed by atoms with Crippen LogP contribution in [0.25, 0.3) is 10.8 Å². The van der Waals surface area contributed by atoms with Crippen LogP contribution in [-0.4, -0.2) is 39.3 Å². The molecule has 0 saturated carbocycles. The highest BCUT2D eigenvalue weighted by molar-refractivity contribution is 5.81. The Kier molecular flexibility index (Phi) is 3.95. The fraction of sp³-hybridized carbons (Fsp3) is 0.526. The molecule has 2 unspecified atom stereocenters. The molecule has 122 valence electrons. The van der Waals surface area contributed by atoms with Crippen molar-refractivity contribution in [3.63, 3.8) is 0 Å². The Morgan fingerprint density at radius 3 is 2.57 bits per heavy atom. The Labute approximate surface area is 136 Å². The van der Waals surface area contributed by atoms with E-state index in [1.54, 1.807) is 0 Å². The normalized spacial score (nSPS) is 27.6. The molecule has 0 amide bonds. The minimum Gasteiger partial charge on any atom is -0.393 e. The number of nitrogens with zero attached hydrogens (tertiary/aromatic N) is 2. The van der Waals surface area contributed by atoms with Crippen LogP contribution < -0.4 is 5.56 Å². The van der Waals surface area contributed by atoms with Crippen molar-refractivity contribution >= 4 is 10.8 Å². The van der Waals surface area contributed by atoms with E-state index in [1.807, 2.05) is 41.1 Å². The molecule has 4 heteroatoms. The van der Waals surface area contributed by atoms with E-state index in [0.717, 1.165) is 43.1 Å². The highest BCUT2D eigenvalue weighted by Crippen LogP contribution is 2.35. The molecule has 2 bridgehead atoms. The third kappa shape index (κ3) is 2.81. The van der Waals surface area contributed by atoms with E-state index >= 15 is 0 Å². The molecule has 0 radical (unpaired) electrons. The second-order valence-electron chi connectivity index (χ2n) is 7.00. The van der Waals surface area contributed by atoms with Crippen molar-refractivity contribution in [2.45, 2.75) is 56.8 Å². The molecule has 2 fully saturated rings. The Balaban J connectivity index is 1.42. The summed E-state index contributed by atoms with van der Waals surface area (Å²) in [5.74, 6) is 0. The highest BCUT2D eigenvalue weighted by atomic mass is 16.3. The van der Waals surface area contributed by atoms with Crippen molar-refractivity contribution in [1.29, 1.82) is 0 Å². The molecule has 0 spiro atoms. The smallest absolute Gasteiger partial charge is 0.258 e. The van der Waals surface area contributed by atoms with E-state index < -0.39 is 0 Å². The van der Waals surface area contributed by atoms with Gasteiger partial charge in [0.05, 0.1) is 6.10 Å². The first-order valence-electron chi connectivity index (χ1n) is 8.74. The van der Waals surface area contributed by atoms with E-state index in [4.69, 9.17) is 0 Å². The van der Waals surface area contributed by atoms with Crippen LogP contribution in [0.3, 0.4) is 0 Å². The molecular formula is C19H24N2O2. The quantitative estimate of drug-likeness (QED) is 0.943. The summed E-state index contributed by atoms with van der Waals surface area (Å²) in [4.78, 5) is 15.1. The van der Waals surface area contributed by atoms with Crippen molar-refractivity contribution in [3.8, 4) is 0 Å². The SMILES string of the molecule is O=c1c2ccccc2ccn1CCCN1C2CCC1CC(O)C2. The zero-order valence-electron chi connectivity index (χ0n) is 13.4. The Morgan fingerprint density at radius 1 is 1.04 bits per heavy atom. The molecule has 1 N–H and O–H groups in total. The van der Waals surface area contributed by atoms with Gasteiger partial charge in [-0.05, 0) is 49.6 Å². The lowest BCUT2D eigenvalue weighted by atomic mass is 10.00. The van der Waals surface area contributed by atoms with Crippen LogP contribution in [0.1, 0.15) is 32.1 Å². The predicted molar refractivity (Wildman–Crippen MR) is 91.6 cm³/mol. The van der Waals surface area contributed by atoms with Gasteiger partial charge in [-0.15, -0.1) is 0 Å². The maximum absolute atomic E-state index is 12.5. The molecule has 1 aromatic heterocycles. The molecule has 0 aliphatic carbocycles. The van der Waals surface area contributed by atoms with Crippen molar-refractivity contribution in [2.75, 3.05) is 6.54 Å². The Morgan fingerprint density at radius 2 is 1.78 bits per heavy atom. The van der Waals surface area contributed by atoms with Crippen molar-refractivity contribution < 1.29 is 5.11 Å². The average Bonchev–Trinajstić information content (AvgIpc) is 2.80. The summed E-state index contributed by atoms with van der Waals surface area (Å²) >= 11 is 0. The molecule has 2 atom stereocenters. The molecule has 2 saturated heterocycles. The highest BCUT2D eigenvalue weighted by Gasteiger charge is 2.39. The number of benzene rings is 1. The van der Waals surface area contributed by atoms with E-state index in [9.17, 15) is 9.90 Å². The lowest BCUT2D eigenvalue weighted by Crippen LogP contribution is -2.45. The van der Waals surface area contributed by atoms with Gasteiger partial charge in [-0.1, -0.05) is 18.2 Å². The molecular weight excluding hydrogens is 288 g/mol. The maximum atomic E-state index is 12.5. The first-order valence-corrected chi connectivity index (χ1v) is 8.74. The van der Waals surface area contributed by atoms with Gasteiger partial charge in [0.2, 0.25) is 0 Å². The van der Waals surface area contributed by atoms with E-state index in [2.05, 4.69) is 4.90 Å². The fourth-order valence-electron chi connectivity index (χ4n) is 4.44. The second-order valence-corrected chi connectivity index (χ2v) is 7.00. The number of fused-ring (bicyclic) bond motifs is 3. The van der Waals surface area contributed by atoms with Gasteiger partial charge in [-0.25, -0.2) is 0 Å². The van der Waals surface area contributed by atoms with Crippen LogP contribution in [-0.2, 0) is 6.54 Å². The summed E-state index contributed by atoms with van der Waals surface area (Å²) in [6.45, 7) is 1.80. The summed E-state index contributed by atoms with van der Waals surface area (Å²) in [5, 5.41) is 11.7. The first-order chi connectivity index (χ1) is 11.2. The van der Waals surface area contributed by atoms with Crippen LogP contribution >= 0.6 is 0 Å². The number of aliphatic hydroxyl groups is 1. The largest absolute Gasteiger partial charge is 0.393 e. The van der Waals surface area contributed by atoms with E-state index in [-0.39, 0.29) is 11.7 Å². The average molecular weight is 312 g/mol. The predicted octanol–water partition coefficient (Wildman–Crippen LogP) is 2.38. The second kappa shape index (κ2) is 6.10. The van der Waals surface area contributed by atoms with E-state index in [1.165, 1.54) is 12.8 Å². The van der Waals surface area contributed by atoms with Crippen LogP contribution in [0.15, 0.2) is 41.3 Å². The molecule has 4 rings (SSSR count). The third-order valence-electron chi connectivity index (χ3n) is 5.56. The lowest BCUT2D eigenvalue weighted by molar-refractivity contribution is 0.0344. The zero-order chi connectivity index (χ0) is 15.8. The van der Waals surface area contributed by atoms with Gasteiger partial charge in [0, 0.05) is 36.8 Å². The fourth-order valence-corrected chi connectivity index (χ4v) is 4.44. The first kappa shape index (κ1) is 14.9. The molecule has 2 aliphatic heterocycles. The molecule has 3 heterocycles. The van der Waals surface area contributed by atoms with E-state index in [0.29, 0.717) is 12.1 Å². The maximum Gasteiger partial charge on any atom is 0.258 e. The standard InChI is InChI=1S/C19H24N2O2/c22-17-12-15-6-7-16(13-17)21(15)10-3-9-20-11-8-14-4-1-2-5-18(14)19(20)23/h1-2,4-5,8,11,15-17,22H,3,6-7,9-10,12-13H2. The summed E-state index contributed by atoms with van der Waals surface area (Å²) in [6, 6.07) is 10.9. The van der Waals surface area contributed by atoms with Gasteiger partial charge in [0.15, 0.2) is 0 Å². The number of aliphatic hydroxyl groups excluding tert-OH is 1. The monoisotopic (exact) mass is 312 g/mol. The zero-order valence-corrected chi connectivity index (χ0v) is 13.4. The Hall–Kier alpha value is -1.65. The number of aryl methyl sites for hydroxylation is 1. The molecule has 23 heavy (non-hydrogen) atoms. The number of hydrogen-bond acceptors (Lipinski definition) is 3. The van der Waals surface area contributed by atoms with Gasteiger partial charge in [-0.2, -0.15) is 0 Å². The number of aromatic nitrogens is 1. The molecule has 1 aromatic carbocycles. The van der Waals surface area contributed by atoms with Gasteiger partial charge in [0.25, 0.3) is 5.56 Å². The van der Waals surface area contributed by atoms with Gasteiger partial charge in [0.1, 0.15) is 0 Å². The number of pyridine rings is 1. The van der Waals surface area contributed by atoms with Gasteiger partial charge in [-0.3, -0.25) is 9.69 Å². The molecule has 2 aromatic rings. The number of rotatable bonds is 4. The lowest BCUT2D eigenvalue weighted by Gasteiger charge is -2.37. The van der Waals surface area contributed by atoms with Crippen molar-refractivity contribution in [3.05, 3.63) is 46.9 Å². The van der Waals surface area contributed by atoms with Crippen molar-refractivity contribution in [2.24, 2.45) is 0 Å². The minimum atomic E-state index is -0.105. The summed E-state index contributed by atoms with van der Waals surface area (Å²) in [7, 11) is 0. The number of piperidine rings is 1.